The van der Waals surface area contributed by atoms with E-state index in [0.29, 0.717) is 23.9 Å². The molecule has 5 rings (SSSR count). The lowest BCUT2D eigenvalue weighted by Gasteiger charge is -2.33. The minimum Gasteiger partial charge on any atom is -0.487 e. The Hall–Kier alpha value is -3.72. The number of ketones is 1. The minimum absolute atomic E-state index is 0.0504. The monoisotopic (exact) mass is 523 g/mol. The average Bonchev–Trinajstić information content (AvgIpc) is 2.89. The molecule has 2 aliphatic heterocycles. The molecule has 2 aromatic carbocycles. The van der Waals surface area contributed by atoms with Crippen LogP contribution in [0.3, 0.4) is 0 Å². The summed E-state index contributed by atoms with van der Waals surface area (Å²) in [6.45, 7) is 5.34. The van der Waals surface area contributed by atoms with E-state index in [1.165, 1.54) is 17.0 Å². The van der Waals surface area contributed by atoms with Crippen LogP contribution >= 0.6 is 11.6 Å². The number of benzene rings is 2. The molecule has 1 aromatic heterocycles. The largest absolute Gasteiger partial charge is 0.487 e. The van der Waals surface area contributed by atoms with Crippen LogP contribution in [-0.2, 0) is 4.79 Å². The normalized spacial score (nSPS) is 17.7. The van der Waals surface area contributed by atoms with Crippen molar-refractivity contribution in [2.75, 3.05) is 34.8 Å². The maximum atomic E-state index is 14.2. The van der Waals surface area contributed by atoms with Crippen LogP contribution in [0, 0.1) is 11.7 Å². The van der Waals surface area contributed by atoms with Crippen LogP contribution < -0.4 is 19.9 Å². The van der Waals surface area contributed by atoms with Gasteiger partial charge in [0.15, 0.2) is 0 Å². The van der Waals surface area contributed by atoms with Gasteiger partial charge in [-0.1, -0.05) is 17.7 Å². The van der Waals surface area contributed by atoms with E-state index in [4.69, 9.17) is 16.3 Å². The molecule has 1 fully saturated rings. The number of carbonyl (C=O) groups is 2. The second kappa shape index (κ2) is 10.3. The van der Waals surface area contributed by atoms with Crippen molar-refractivity contribution in [3.63, 3.8) is 0 Å². The number of nitrogens with zero attached hydrogens (tertiary/aromatic N) is 4. The van der Waals surface area contributed by atoms with E-state index in [2.05, 4.69) is 20.2 Å². The Kier molecular flexibility index (Phi) is 6.97. The second-order valence-electron chi connectivity index (χ2n) is 9.42. The fourth-order valence-electron chi connectivity index (χ4n) is 4.71. The molecule has 1 atom stereocenters. The van der Waals surface area contributed by atoms with Crippen molar-refractivity contribution in [2.45, 2.75) is 32.8 Å². The number of aromatic nitrogens is 2. The molecule has 1 unspecified atom stereocenters. The fraction of sp³-hybridized carbons (Fsp3) is 0.333. The van der Waals surface area contributed by atoms with E-state index in [1.807, 2.05) is 19.1 Å². The van der Waals surface area contributed by atoms with Crippen LogP contribution in [-0.4, -0.2) is 47.5 Å². The Bertz CT molecular complexity index is 1330. The number of fused-ring (bicyclic) bond motifs is 1. The molecule has 1 saturated heterocycles. The van der Waals surface area contributed by atoms with Crippen LogP contribution in [0.4, 0.5) is 26.5 Å². The maximum Gasteiger partial charge on any atom is 0.326 e. The number of urea groups is 1. The van der Waals surface area contributed by atoms with Gasteiger partial charge in [-0.05, 0) is 62.6 Å². The number of hydrogen-bond acceptors (Lipinski definition) is 6. The Morgan fingerprint density at radius 2 is 1.81 bits per heavy atom. The average molecular weight is 524 g/mol. The lowest BCUT2D eigenvalue weighted by Crippen LogP contribution is -2.44. The van der Waals surface area contributed by atoms with Crippen molar-refractivity contribution >= 4 is 40.7 Å². The van der Waals surface area contributed by atoms with Gasteiger partial charge in [-0.2, -0.15) is 0 Å². The predicted molar refractivity (Wildman–Crippen MR) is 141 cm³/mol. The molecule has 0 saturated carbocycles. The number of ether oxygens (including phenoxy) is 1. The Morgan fingerprint density at radius 1 is 1.08 bits per heavy atom. The zero-order chi connectivity index (χ0) is 26.1. The fourth-order valence-corrected chi connectivity index (χ4v) is 4.86. The molecule has 0 bridgehead atoms. The predicted octanol–water partition coefficient (Wildman–Crippen LogP) is 5.56. The van der Waals surface area contributed by atoms with Crippen LogP contribution in [0.2, 0.25) is 5.02 Å². The maximum absolute atomic E-state index is 14.2. The summed E-state index contributed by atoms with van der Waals surface area (Å²) >= 11 is 5.82. The van der Waals surface area contributed by atoms with Gasteiger partial charge in [0, 0.05) is 42.0 Å². The minimum atomic E-state index is -0.607. The molecule has 2 aliphatic rings. The molecule has 37 heavy (non-hydrogen) atoms. The van der Waals surface area contributed by atoms with Crippen molar-refractivity contribution in [3.05, 3.63) is 59.6 Å². The Labute approximate surface area is 219 Å². The van der Waals surface area contributed by atoms with Gasteiger partial charge in [0.25, 0.3) is 0 Å². The molecule has 0 spiro atoms. The molecule has 0 aliphatic carbocycles. The van der Waals surface area contributed by atoms with E-state index < -0.39 is 11.8 Å². The Balaban J connectivity index is 1.32. The zero-order valence-electron chi connectivity index (χ0n) is 20.6. The number of Topliss-reactive ketones (excluding diaryl/α,β-unsaturated/α-hetero) is 1. The molecule has 1 N–H and O–H groups in total. The molecule has 3 aromatic rings. The van der Waals surface area contributed by atoms with Crippen molar-refractivity contribution in [3.8, 4) is 16.9 Å². The van der Waals surface area contributed by atoms with Gasteiger partial charge >= 0.3 is 6.03 Å². The highest BCUT2D eigenvalue weighted by Gasteiger charge is 2.29. The summed E-state index contributed by atoms with van der Waals surface area (Å²) in [4.78, 5) is 37.4. The number of halogens is 2. The van der Waals surface area contributed by atoms with E-state index >= 15 is 0 Å². The van der Waals surface area contributed by atoms with Crippen molar-refractivity contribution < 1.29 is 18.7 Å². The van der Waals surface area contributed by atoms with Crippen molar-refractivity contribution in [2.24, 2.45) is 5.92 Å². The highest BCUT2D eigenvalue weighted by atomic mass is 35.5. The molecular weight excluding hydrogens is 497 g/mol. The molecule has 192 valence electrons. The summed E-state index contributed by atoms with van der Waals surface area (Å²) in [6, 6.07) is 9.16. The molecule has 10 heteroatoms. The summed E-state index contributed by atoms with van der Waals surface area (Å²) in [7, 11) is 0. The van der Waals surface area contributed by atoms with Crippen LogP contribution in [0.5, 0.6) is 5.75 Å². The van der Waals surface area contributed by atoms with Gasteiger partial charge in [0.2, 0.25) is 5.95 Å². The van der Waals surface area contributed by atoms with E-state index in [0.717, 1.165) is 43.1 Å². The number of amides is 2. The number of piperidine rings is 1. The number of carbonyl (C=O) groups excluding carboxylic acids is 2. The third-order valence-electron chi connectivity index (χ3n) is 6.76. The smallest absolute Gasteiger partial charge is 0.326 e. The van der Waals surface area contributed by atoms with Crippen LogP contribution in [0.25, 0.3) is 11.1 Å². The SMILES string of the molecule is CC(=O)C1CCN(c2ncc(-c3ccc4c(c3)OC(C)CN4C(=O)Nc3ccc(Cl)cc3F)cn2)CC1. The quantitative estimate of drug-likeness (QED) is 0.481. The van der Waals surface area contributed by atoms with Crippen LogP contribution in [0.15, 0.2) is 48.8 Å². The van der Waals surface area contributed by atoms with E-state index in [9.17, 15) is 14.0 Å². The topological polar surface area (TPSA) is 87.7 Å². The summed E-state index contributed by atoms with van der Waals surface area (Å²) < 4.78 is 20.2. The third-order valence-corrected chi connectivity index (χ3v) is 7.00. The second-order valence-corrected chi connectivity index (χ2v) is 9.86. The molecule has 0 radical (unpaired) electrons. The Morgan fingerprint density at radius 3 is 2.49 bits per heavy atom. The molecule has 8 nitrogen and oxygen atoms in total. The third kappa shape index (κ3) is 5.36. The number of anilines is 3. The van der Waals surface area contributed by atoms with Gasteiger partial charge in [-0.3, -0.25) is 9.69 Å². The highest BCUT2D eigenvalue weighted by molar-refractivity contribution is 6.30. The van der Waals surface area contributed by atoms with Gasteiger partial charge in [0.1, 0.15) is 23.5 Å². The molecule has 2 amide bonds. The highest BCUT2D eigenvalue weighted by Crippen LogP contribution is 2.37. The summed E-state index contributed by atoms with van der Waals surface area (Å²) in [6.07, 6.45) is 4.90. The standard InChI is InChI=1S/C27H27ClFN5O3/c1-16-15-34(27(36)32-23-5-4-21(28)12-22(23)29)24-6-3-19(11-25(24)37-16)20-13-30-26(31-14-20)33-9-7-18(8-10-33)17(2)35/h3-6,11-14,16,18H,7-10,15H2,1-2H3,(H,32,36). The van der Waals surface area contributed by atoms with Gasteiger partial charge in [-0.25, -0.2) is 19.2 Å². The van der Waals surface area contributed by atoms with Crippen molar-refractivity contribution in [1.82, 2.24) is 9.97 Å². The number of nitrogens with one attached hydrogen (secondary N) is 1. The number of rotatable bonds is 4. The summed E-state index contributed by atoms with van der Waals surface area (Å²) in [5.41, 5.74) is 2.29. The first-order chi connectivity index (χ1) is 17.8. The summed E-state index contributed by atoms with van der Waals surface area (Å²) in [5.74, 6) is 0.946. The van der Waals surface area contributed by atoms with Crippen molar-refractivity contribution in [1.29, 1.82) is 0 Å². The van der Waals surface area contributed by atoms with Gasteiger partial charge in [0.05, 0.1) is 17.9 Å². The molecule has 3 heterocycles. The zero-order valence-corrected chi connectivity index (χ0v) is 21.3. The van der Waals surface area contributed by atoms with E-state index in [-0.39, 0.29) is 28.5 Å². The summed E-state index contributed by atoms with van der Waals surface area (Å²) in [5, 5.41) is 2.87. The van der Waals surface area contributed by atoms with E-state index in [1.54, 1.807) is 25.4 Å². The first kappa shape index (κ1) is 25.0. The van der Waals surface area contributed by atoms with Gasteiger partial charge in [-0.15, -0.1) is 0 Å². The number of hydrogen-bond donors (Lipinski definition) is 1. The first-order valence-corrected chi connectivity index (χ1v) is 12.6. The first-order valence-electron chi connectivity index (χ1n) is 12.2. The van der Waals surface area contributed by atoms with Gasteiger partial charge < -0.3 is 15.0 Å². The lowest BCUT2D eigenvalue weighted by molar-refractivity contribution is -0.121. The lowest BCUT2D eigenvalue weighted by atomic mass is 9.93. The molecular formula is C27H27ClFN5O3. The van der Waals surface area contributed by atoms with Crippen LogP contribution in [0.1, 0.15) is 26.7 Å².